The minimum absolute atomic E-state index is 0.0126. The number of ether oxygens (including phenoxy) is 2. The van der Waals surface area contributed by atoms with E-state index in [2.05, 4.69) is 18.8 Å². The third-order valence-corrected chi connectivity index (χ3v) is 4.05. The Morgan fingerprint density at radius 1 is 1.38 bits per heavy atom. The molecule has 0 saturated carbocycles. The molecule has 1 N–H and O–H groups in total. The molecule has 0 aliphatic carbocycles. The summed E-state index contributed by atoms with van der Waals surface area (Å²) in [6.07, 6.45) is 6.45. The van der Waals surface area contributed by atoms with E-state index in [0.717, 1.165) is 40.1 Å². The van der Waals surface area contributed by atoms with E-state index in [1.54, 1.807) is 6.20 Å². The minimum Gasteiger partial charge on any atom is -0.618 e. The summed E-state index contributed by atoms with van der Waals surface area (Å²) in [5, 5.41) is 20.2. The van der Waals surface area contributed by atoms with Gasteiger partial charge < -0.3 is 19.8 Å². The van der Waals surface area contributed by atoms with E-state index in [1.165, 1.54) is 12.4 Å². The molecule has 2 aromatic rings. The van der Waals surface area contributed by atoms with Crippen LogP contribution in [0.2, 0.25) is 0 Å². The number of nitrogens with zero attached hydrogens (tertiary/aromatic N) is 2. The lowest BCUT2D eigenvalue weighted by Crippen LogP contribution is -2.32. The first-order valence-electron chi connectivity index (χ1n) is 8.99. The van der Waals surface area contributed by atoms with Crippen molar-refractivity contribution in [3.05, 3.63) is 58.8 Å². The Labute approximate surface area is 155 Å². The molecule has 1 aliphatic heterocycles. The molecule has 1 unspecified atom stereocenters. The highest BCUT2D eigenvalue weighted by Crippen LogP contribution is 2.27. The first-order chi connectivity index (χ1) is 12.5. The normalized spacial score (nSPS) is 16.6. The summed E-state index contributed by atoms with van der Waals surface area (Å²) in [5.74, 6) is 1.30. The van der Waals surface area contributed by atoms with Crippen molar-refractivity contribution in [1.29, 1.82) is 0 Å². The number of rotatable bonds is 3. The second-order valence-electron chi connectivity index (χ2n) is 6.81. The van der Waals surface area contributed by atoms with E-state index >= 15 is 0 Å². The van der Waals surface area contributed by atoms with Crippen molar-refractivity contribution in [1.82, 2.24) is 4.98 Å². The molecule has 0 saturated heterocycles. The molecule has 1 aromatic carbocycles. The molecule has 0 fully saturated rings. The average molecular weight is 360 g/mol. The Morgan fingerprint density at radius 2 is 2.19 bits per heavy atom. The summed E-state index contributed by atoms with van der Waals surface area (Å²) >= 11 is 0. The predicted octanol–water partition coefficient (Wildman–Crippen LogP) is 2.78. The molecule has 1 atom stereocenters. The Balaban J connectivity index is 0.000000197. The Bertz CT molecular complexity index is 691. The van der Waals surface area contributed by atoms with Gasteiger partial charge in [0.1, 0.15) is 5.75 Å². The number of aliphatic hydroxyl groups is 1. The second-order valence-corrected chi connectivity index (χ2v) is 6.81. The zero-order valence-electron chi connectivity index (χ0n) is 15.7. The molecule has 26 heavy (non-hydrogen) atoms. The highest BCUT2D eigenvalue weighted by molar-refractivity contribution is 5.41. The third kappa shape index (κ3) is 5.97. The summed E-state index contributed by atoms with van der Waals surface area (Å²) in [4.78, 5) is 3.88. The van der Waals surface area contributed by atoms with Gasteiger partial charge in [-0.15, -0.1) is 0 Å². The molecule has 6 heteroatoms. The molecular formula is C20H28N2O4. The molecule has 6 nitrogen and oxygen atoms in total. The van der Waals surface area contributed by atoms with E-state index in [-0.39, 0.29) is 12.7 Å². The van der Waals surface area contributed by atoms with Crippen LogP contribution in [0.1, 0.15) is 44.0 Å². The summed E-state index contributed by atoms with van der Waals surface area (Å²) in [5.41, 5.74) is 2.60. The summed E-state index contributed by atoms with van der Waals surface area (Å²) in [7, 11) is 0. The number of fused-ring (bicyclic) bond motifs is 1. The molecule has 0 amide bonds. The molecule has 142 valence electrons. The van der Waals surface area contributed by atoms with Gasteiger partial charge in [-0.1, -0.05) is 32.0 Å². The van der Waals surface area contributed by atoms with Crippen LogP contribution in [0.25, 0.3) is 0 Å². The van der Waals surface area contributed by atoms with Crippen LogP contribution in [-0.2, 0) is 24.4 Å². The Hall–Kier alpha value is -2.18. The lowest BCUT2D eigenvalue weighted by atomic mass is 10.1. The predicted molar refractivity (Wildman–Crippen MR) is 98.5 cm³/mol. The van der Waals surface area contributed by atoms with Gasteiger partial charge in [0.15, 0.2) is 6.20 Å². The highest BCUT2D eigenvalue weighted by Gasteiger charge is 2.14. The maximum atomic E-state index is 11.0. The van der Waals surface area contributed by atoms with Crippen LogP contribution in [0.15, 0.2) is 36.8 Å². The van der Waals surface area contributed by atoms with E-state index < -0.39 is 0 Å². The van der Waals surface area contributed by atoms with Crippen LogP contribution in [0.5, 0.6) is 5.75 Å². The van der Waals surface area contributed by atoms with Gasteiger partial charge in [-0.3, -0.25) is 4.98 Å². The number of aromatic nitrogens is 2. The Morgan fingerprint density at radius 3 is 2.88 bits per heavy atom. The van der Waals surface area contributed by atoms with Crippen LogP contribution in [0.3, 0.4) is 0 Å². The molecule has 1 aromatic heterocycles. The van der Waals surface area contributed by atoms with E-state index in [0.29, 0.717) is 19.1 Å². The smallest absolute Gasteiger partial charge is 0.211 e. The maximum absolute atomic E-state index is 11.0. The van der Waals surface area contributed by atoms with Gasteiger partial charge in [0.05, 0.1) is 38.3 Å². The zero-order chi connectivity index (χ0) is 18.9. The fourth-order valence-corrected chi connectivity index (χ4v) is 2.65. The van der Waals surface area contributed by atoms with Crippen LogP contribution >= 0.6 is 0 Å². The van der Waals surface area contributed by atoms with Gasteiger partial charge in [0.2, 0.25) is 5.69 Å². The fraction of sp³-hybridized carbons (Fsp3) is 0.500. The van der Waals surface area contributed by atoms with Crippen LogP contribution in [0, 0.1) is 11.1 Å². The van der Waals surface area contributed by atoms with E-state index in [4.69, 9.17) is 9.47 Å². The summed E-state index contributed by atoms with van der Waals surface area (Å²) < 4.78 is 12.2. The number of benzene rings is 1. The monoisotopic (exact) mass is 360 g/mol. The van der Waals surface area contributed by atoms with Gasteiger partial charge in [-0.05, 0) is 12.8 Å². The maximum Gasteiger partial charge on any atom is 0.211 e. The summed E-state index contributed by atoms with van der Waals surface area (Å²) in [6, 6.07) is 5.78. The molecule has 2 heterocycles. The van der Waals surface area contributed by atoms with Crippen LogP contribution < -0.4 is 9.47 Å². The third-order valence-electron chi connectivity index (χ3n) is 4.05. The summed E-state index contributed by atoms with van der Waals surface area (Å²) in [6.45, 7) is 7.42. The molecule has 0 spiro atoms. The second kappa shape index (κ2) is 10.1. The van der Waals surface area contributed by atoms with Gasteiger partial charge in [0.25, 0.3) is 0 Å². The van der Waals surface area contributed by atoms with Crippen molar-refractivity contribution >= 4 is 0 Å². The SMILES string of the molecule is CC(C)Cc1cncc[n+]1[O-].CC1CCOc2c(CO)cccc2CO1. The molecule has 3 rings (SSSR count). The lowest BCUT2D eigenvalue weighted by Gasteiger charge is -2.21. The standard InChI is InChI=1S/C12H16O3.C8H12N2O/c1-9-5-6-14-12-10(7-13)3-2-4-11(12)8-15-9;1-7(2)5-8-6-9-3-4-10(8)11/h2-4,9,13H,5-8H2,1H3;3-4,6-7H,5H2,1-2H3. The van der Waals surface area contributed by atoms with Crippen molar-refractivity contribution in [2.45, 2.75) is 52.9 Å². The average Bonchev–Trinajstić information content (AvgIpc) is 2.61. The first-order valence-corrected chi connectivity index (χ1v) is 8.99. The van der Waals surface area contributed by atoms with Gasteiger partial charge in [-0.2, -0.15) is 4.73 Å². The van der Waals surface area contributed by atoms with Gasteiger partial charge in [-0.25, -0.2) is 0 Å². The Kier molecular flexibility index (Phi) is 7.81. The quantitative estimate of drug-likeness (QED) is 0.673. The number of para-hydroxylation sites is 1. The van der Waals surface area contributed by atoms with Gasteiger partial charge >= 0.3 is 0 Å². The van der Waals surface area contributed by atoms with Crippen molar-refractivity contribution in [2.24, 2.45) is 5.92 Å². The van der Waals surface area contributed by atoms with Crippen molar-refractivity contribution in [3.8, 4) is 5.75 Å². The van der Waals surface area contributed by atoms with E-state index in [9.17, 15) is 10.3 Å². The largest absolute Gasteiger partial charge is 0.618 e. The molecule has 0 radical (unpaired) electrons. The lowest BCUT2D eigenvalue weighted by molar-refractivity contribution is -0.615. The number of aliphatic hydroxyl groups excluding tert-OH is 1. The van der Waals surface area contributed by atoms with Crippen LogP contribution in [0.4, 0.5) is 0 Å². The first kappa shape index (κ1) is 20.1. The van der Waals surface area contributed by atoms with Crippen molar-refractivity contribution < 1.29 is 19.3 Å². The molecule has 0 bridgehead atoms. The highest BCUT2D eigenvalue weighted by atomic mass is 16.5. The van der Waals surface area contributed by atoms with Crippen molar-refractivity contribution in [2.75, 3.05) is 6.61 Å². The van der Waals surface area contributed by atoms with Crippen molar-refractivity contribution in [3.63, 3.8) is 0 Å². The fourth-order valence-electron chi connectivity index (χ4n) is 2.65. The number of hydrogen-bond acceptors (Lipinski definition) is 5. The number of hydrogen-bond donors (Lipinski definition) is 1. The molecule has 1 aliphatic rings. The topological polar surface area (TPSA) is 78.5 Å². The van der Waals surface area contributed by atoms with Gasteiger partial charge in [0, 0.05) is 24.0 Å². The van der Waals surface area contributed by atoms with E-state index in [1.807, 2.05) is 25.1 Å². The zero-order valence-corrected chi connectivity index (χ0v) is 15.7. The minimum atomic E-state index is 0.0126. The molecular weight excluding hydrogens is 332 g/mol. The van der Waals surface area contributed by atoms with Crippen LogP contribution in [-0.4, -0.2) is 22.8 Å².